The lowest BCUT2D eigenvalue weighted by Gasteiger charge is -2.25. The number of nitrogen functional groups attached to an aromatic ring is 1. The molecule has 2 N–H and O–H groups in total. The molecule has 0 aliphatic rings. The van der Waals surface area contributed by atoms with Crippen molar-refractivity contribution in [2.45, 2.75) is 6.92 Å². The molecular formula is C15H17BrN2O. The van der Waals surface area contributed by atoms with Gasteiger partial charge in [0.2, 0.25) is 0 Å². The quantitative estimate of drug-likeness (QED) is 0.865. The van der Waals surface area contributed by atoms with Crippen LogP contribution in [0.2, 0.25) is 0 Å². The molecule has 2 aromatic carbocycles. The van der Waals surface area contributed by atoms with E-state index in [2.05, 4.69) is 15.9 Å². The fourth-order valence-corrected chi connectivity index (χ4v) is 2.53. The summed E-state index contributed by atoms with van der Waals surface area (Å²) in [6.45, 7) is 2.05. The summed E-state index contributed by atoms with van der Waals surface area (Å²) in [5.41, 5.74) is 9.95. The lowest BCUT2D eigenvalue weighted by atomic mass is 10.1. The van der Waals surface area contributed by atoms with Crippen LogP contribution in [0.4, 0.5) is 17.1 Å². The summed E-state index contributed by atoms with van der Waals surface area (Å²) in [5, 5.41) is 0. The topological polar surface area (TPSA) is 38.5 Å². The molecular weight excluding hydrogens is 304 g/mol. The Morgan fingerprint density at radius 3 is 2.58 bits per heavy atom. The molecule has 0 saturated heterocycles. The maximum absolute atomic E-state index is 6.10. The maximum atomic E-state index is 6.10. The number of rotatable bonds is 3. The van der Waals surface area contributed by atoms with E-state index in [1.807, 2.05) is 55.3 Å². The van der Waals surface area contributed by atoms with Crippen molar-refractivity contribution in [3.63, 3.8) is 0 Å². The summed E-state index contributed by atoms with van der Waals surface area (Å²) in [7, 11) is 3.66. The van der Waals surface area contributed by atoms with Gasteiger partial charge in [0.25, 0.3) is 0 Å². The van der Waals surface area contributed by atoms with Gasteiger partial charge in [-0.05, 0) is 36.8 Å². The summed E-state index contributed by atoms with van der Waals surface area (Å²) in [5.74, 6) is 0.813. The SMILES string of the molecule is COc1ccc(Br)cc1N(C)c1c(C)cccc1N. The van der Waals surface area contributed by atoms with E-state index < -0.39 is 0 Å². The monoisotopic (exact) mass is 320 g/mol. The smallest absolute Gasteiger partial charge is 0.142 e. The average Bonchev–Trinajstić information content (AvgIpc) is 2.38. The third-order valence-electron chi connectivity index (χ3n) is 3.11. The number of hydrogen-bond donors (Lipinski definition) is 1. The largest absolute Gasteiger partial charge is 0.495 e. The van der Waals surface area contributed by atoms with E-state index in [1.54, 1.807) is 7.11 Å². The minimum absolute atomic E-state index is 0.754. The van der Waals surface area contributed by atoms with Crippen molar-refractivity contribution in [1.82, 2.24) is 0 Å². The van der Waals surface area contributed by atoms with Crippen molar-refractivity contribution >= 4 is 33.0 Å². The number of benzene rings is 2. The Morgan fingerprint density at radius 1 is 1.21 bits per heavy atom. The van der Waals surface area contributed by atoms with Crippen LogP contribution in [0.15, 0.2) is 40.9 Å². The van der Waals surface area contributed by atoms with Gasteiger partial charge in [-0.1, -0.05) is 28.1 Å². The molecule has 0 radical (unpaired) electrons. The van der Waals surface area contributed by atoms with Crippen molar-refractivity contribution < 1.29 is 4.74 Å². The highest BCUT2D eigenvalue weighted by atomic mass is 79.9. The minimum Gasteiger partial charge on any atom is -0.495 e. The summed E-state index contributed by atoms with van der Waals surface area (Å²) < 4.78 is 6.42. The van der Waals surface area contributed by atoms with Crippen LogP contribution in [0, 0.1) is 6.92 Å². The van der Waals surface area contributed by atoms with Crippen LogP contribution in [0.25, 0.3) is 0 Å². The number of ether oxygens (including phenoxy) is 1. The molecule has 0 unspecified atom stereocenters. The van der Waals surface area contributed by atoms with Crippen molar-refractivity contribution in [1.29, 1.82) is 0 Å². The first-order chi connectivity index (χ1) is 9.04. The number of nitrogens with zero attached hydrogens (tertiary/aromatic N) is 1. The molecule has 0 amide bonds. The maximum Gasteiger partial charge on any atom is 0.142 e. The number of nitrogens with two attached hydrogens (primary N) is 1. The number of para-hydroxylation sites is 1. The number of aryl methyl sites for hydroxylation is 1. The lowest BCUT2D eigenvalue weighted by Crippen LogP contribution is -2.14. The van der Waals surface area contributed by atoms with Crippen LogP contribution >= 0.6 is 15.9 Å². The minimum atomic E-state index is 0.754. The zero-order valence-corrected chi connectivity index (χ0v) is 12.9. The lowest BCUT2D eigenvalue weighted by molar-refractivity contribution is 0.415. The Balaban J connectivity index is 2.55. The Bertz CT molecular complexity index is 578. The van der Waals surface area contributed by atoms with Crippen LogP contribution in [0.3, 0.4) is 0 Å². The van der Waals surface area contributed by atoms with Crippen molar-refractivity contribution in [3.05, 3.63) is 46.4 Å². The molecule has 0 bridgehead atoms. The Labute approximate surface area is 122 Å². The summed E-state index contributed by atoms with van der Waals surface area (Å²) in [4.78, 5) is 2.05. The second-order valence-electron chi connectivity index (χ2n) is 4.39. The van der Waals surface area contributed by atoms with Gasteiger partial charge in [-0.2, -0.15) is 0 Å². The highest BCUT2D eigenvalue weighted by Gasteiger charge is 2.14. The van der Waals surface area contributed by atoms with Gasteiger partial charge in [0.1, 0.15) is 5.75 Å². The first kappa shape index (κ1) is 13.7. The van der Waals surface area contributed by atoms with E-state index >= 15 is 0 Å². The number of halogens is 1. The molecule has 0 spiro atoms. The molecule has 0 aliphatic carbocycles. The molecule has 19 heavy (non-hydrogen) atoms. The van der Waals surface area contributed by atoms with Crippen LogP contribution in [-0.4, -0.2) is 14.2 Å². The van der Waals surface area contributed by atoms with Crippen LogP contribution in [0.1, 0.15) is 5.56 Å². The van der Waals surface area contributed by atoms with Crippen molar-refractivity contribution in [2.75, 3.05) is 24.8 Å². The molecule has 100 valence electrons. The molecule has 0 fully saturated rings. The Hall–Kier alpha value is -1.68. The van der Waals surface area contributed by atoms with Gasteiger partial charge in [-0.25, -0.2) is 0 Å². The summed E-state index contributed by atoms with van der Waals surface area (Å²) in [6, 6.07) is 11.8. The highest BCUT2D eigenvalue weighted by Crippen LogP contribution is 2.38. The van der Waals surface area contributed by atoms with E-state index in [0.29, 0.717) is 0 Å². The molecule has 0 atom stereocenters. The molecule has 0 aliphatic heterocycles. The summed E-state index contributed by atoms with van der Waals surface area (Å²) in [6.07, 6.45) is 0. The van der Waals surface area contributed by atoms with Crippen LogP contribution in [0.5, 0.6) is 5.75 Å². The normalized spacial score (nSPS) is 10.3. The van der Waals surface area contributed by atoms with Gasteiger partial charge in [0, 0.05) is 11.5 Å². The fourth-order valence-electron chi connectivity index (χ4n) is 2.19. The third-order valence-corrected chi connectivity index (χ3v) is 3.60. The van der Waals surface area contributed by atoms with Gasteiger partial charge in [-0.3, -0.25) is 0 Å². The van der Waals surface area contributed by atoms with E-state index in [-0.39, 0.29) is 0 Å². The number of anilines is 3. The number of hydrogen-bond acceptors (Lipinski definition) is 3. The van der Waals surface area contributed by atoms with Crippen LogP contribution < -0.4 is 15.4 Å². The van der Waals surface area contributed by atoms with Gasteiger partial charge >= 0.3 is 0 Å². The molecule has 4 heteroatoms. The van der Waals surface area contributed by atoms with E-state index in [4.69, 9.17) is 10.5 Å². The van der Waals surface area contributed by atoms with Gasteiger partial charge in [-0.15, -0.1) is 0 Å². The van der Waals surface area contributed by atoms with E-state index in [0.717, 1.165) is 32.8 Å². The average molecular weight is 321 g/mol. The van der Waals surface area contributed by atoms with Gasteiger partial charge in [0.05, 0.1) is 24.2 Å². The predicted octanol–water partition coefficient (Wildman–Crippen LogP) is 4.12. The van der Waals surface area contributed by atoms with Crippen molar-refractivity contribution in [2.24, 2.45) is 0 Å². The molecule has 0 saturated carbocycles. The zero-order valence-electron chi connectivity index (χ0n) is 11.3. The predicted molar refractivity (Wildman–Crippen MR) is 84.3 cm³/mol. The van der Waals surface area contributed by atoms with E-state index in [1.165, 1.54) is 0 Å². The first-order valence-corrected chi connectivity index (χ1v) is 6.76. The molecule has 2 aromatic rings. The molecule has 0 aromatic heterocycles. The molecule has 3 nitrogen and oxygen atoms in total. The highest BCUT2D eigenvalue weighted by molar-refractivity contribution is 9.10. The standard InChI is InChI=1S/C15H17BrN2O/c1-10-5-4-6-12(17)15(10)18(2)13-9-11(16)7-8-14(13)19-3/h4-9H,17H2,1-3H3. The molecule has 0 heterocycles. The first-order valence-electron chi connectivity index (χ1n) is 5.97. The third kappa shape index (κ3) is 2.68. The van der Waals surface area contributed by atoms with Gasteiger partial charge in [0.15, 0.2) is 0 Å². The second-order valence-corrected chi connectivity index (χ2v) is 5.30. The Kier molecular flexibility index (Phi) is 4.00. The van der Waals surface area contributed by atoms with Gasteiger partial charge < -0.3 is 15.4 Å². The Morgan fingerprint density at radius 2 is 1.95 bits per heavy atom. The van der Waals surface area contributed by atoms with Crippen LogP contribution in [-0.2, 0) is 0 Å². The fraction of sp³-hybridized carbons (Fsp3) is 0.200. The van der Waals surface area contributed by atoms with Crippen molar-refractivity contribution in [3.8, 4) is 5.75 Å². The molecule has 2 rings (SSSR count). The number of methoxy groups -OCH3 is 1. The summed E-state index contributed by atoms with van der Waals surface area (Å²) >= 11 is 3.49. The second kappa shape index (κ2) is 5.53. The zero-order chi connectivity index (χ0) is 14.0. The van der Waals surface area contributed by atoms with E-state index in [9.17, 15) is 0 Å².